The van der Waals surface area contributed by atoms with Crippen LogP contribution in [0.1, 0.15) is 43.9 Å². The van der Waals surface area contributed by atoms with Crippen molar-refractivity contribution in [1.29, 1.82) is 0 Å². The molecule has 35 heavy (non-hydrogen) atoms. The van der Waals surface area contributed by atoms with Crippen LogP contribution in [0.3, 0.4) is 0 Å². The van der Waals surface area contributed by atoms with E-state index in [2.05, 4.69) is 35.5 Å². The number of anilines is 1. The van der Waals surface area contributed by atoms with Crippen LogP contribution in [0.4, 0.5) is 5.95 Å². The molecule has 8 heteroatoms. The first-order chi connectivity index (χ1) is 16.4. The molecule has 0 aliphatic carbocycles. The molecule has 0 fully saturated rings. The second-order valence-corrected chi connectivity index (χ2v) is 12.3. The smallest absolute Gasteiger partial charge is 0.264 e. The van der Waals surface area contributed by atoms with Gasteiger partial charge in [-0.1, -0.05) is 51.1 Å². The van der Waals surface area contributed by atoms with Crippen LogP contribution in [0.15, 0.2) is 53.4 Å². The summed E-state index contributed by atoms with van der Waals surface area (Å²) in [4.78, 5) is 9.13. The Labute approximate surface area is 208 Å². The third kappa shape index (κ3) is 6.00. The lowest BCUT2D eigenvalue weighted by Crippen LogP contribution is -2.38. The lowest BCUT2D eigenvalue weighted by atomic mass is 9.80. The van der Waals surface area contributed by atoms with Gasteiger partial charge in [-0.2, -0.15) is 4.98 Å². The summed E-state index contributed by atoms with van der Waals surface area (Å²) in [6.07, 6.45) is 1.40. The number of aryl methyl sites for hydroxylation is 2. The monoisotopic (exact) mass is 494 g/mol. The Balaban J connectivity index is 1.85. The van der Waals surface area contributed by atoms with Gasteiger partial charge in [0.2, 0.25) is 11.8 Å². The zero-order chi connectivity index (χ0) is 25.4. The summed E-state index contributed by atoms with van der Waals surface area (Å²) in [7, 11) is -3.91. The molecular weight excluding hydrogens is 460 g/mol. The van der Waals surface area contributed by atoms with Gasteiger partial charge in [-0.25, -0.2) is 18.1 Å². The van der Waals surface area contributed by atoms with Crippen LogP contribution < -0.4 is 15.2 Å². The fraction of sp³-hybridized carbons (Fsp3) is 0.407. The molecule has 0 radical (unpaired) electrons. The zero-order valence-electron chi connectivity index (χ0n) is 21.0. The lowest BCUT2D eigenvalue weighted by molar-refractivity contribution is 0.167. The van der Waals surface area contributed by atoms with Crippen molar-refractivity contribution in [2.45, 2.75) is 58.4 Å². The van der Waals surface area contributed by atoms with Crippen molar-refractivity contribution < 1.29 is 13.2 Å². The van der Waals surface area contributed by atoms with Gasteiger partial charge < -0.3 is 10.5 Å². The molecule has 2 atom stereocenters. The van der Waals surface area contributed by atoms with Crippen molar-refractivity contribution in [2.24, 2.45) is 17.1 Å². The Hall–Kier alpha value is -2.97. The van der Waals surface area contributed by atoms with Crippen molar-refractivity contribution in [3.05, 3.63) is 65.2 Å². The largest absolute Gasteiger partial charge is 0.477 e. The molecule has 0 saturated heterocycles. The first-order valence-corrected chi connectivity index (χ1v) is 13.4. The SMILES string of the molecule is Cc1cccc(C)c1-c1cc2nc(n1)NS(=O)(=O)c1cccc(c1)CC(N)[C@H](CC(C)(C)C)CO2. The highest BCUT2D eigenvalue weighted by atomic mass is 32.2. The maximum absolute atomic E-state index is 13.2. The Morgan fingerprint density at radius 3 is 2.43 bits per heavy atom. The summed E-state index contributed by atoms with van der Waals surface area (Å²) in [5.41, 5.74) is 11.2. The van der Waals surface area contributed by atoms with Crippen molar-refractivity contribution in [3.63, 3.8) is 0 Å². The predicted molar refractivity (Wildman–Crippen MR) is 139 cm³/mol. The molecule has 0 saturated carbocycles. The maximum Gasteiger partial charge on any atom is 0.264 e. The molecular formula is C27H34N4O3S. The Kier molecular flexibility index (Phi) is 6.88. The van der Waals surface area contributed by atoms with E-state index >= 15 is 0 Å². The van der Waals surface area contributed by atoms with E-state index in [1.807, 2.05) is 38.1 Å². The van der Waals surface area contributed by atoms with Gasteiger partial charge in [-0.05, 0) is 60.9 Å². The fourth-order valence-corrected chi connectivity index (χ4v) is 5.68. The third-order valence-corrected chi connectivity index (χ3v) is 7.60. The number of hydrogen-bond donors (Lipinski definition) is 2. The Bertz CT molecular complexity index is 1310. The second kappa shape index (κ2) is 9.59. The molecule has 0 amide bonds. The summed E-state index contributed by atoms with van der Waals surface area (Å²) < 4.78 is 35.2. The van der Waals surface area contributed by atoms with E-state index in [0.717, 1.165) is 28.7 Å². The highest BCUT2D eigenvalue weighted by molar-refractivity contribution is 7.92. The number of fused-ring (bicyclic) bond motifs is 4. The summed E-state index contributed by atoms with van der Waals surface area (Å²) in [6, 6.07) is 14.4. The van der Waals surface area contributed by atoms with Crippen molar-refractivity contribution in [1.82, 2.24) is 9.97 Å². The van der Waals surface area contributed by atoms with E-state index in [1.165, 1.54) is 0 Å². The van der Waals surface area contributed by atoms with E-state index < -0.39 is 10.0 Å². The van der Waals surface area contributed by atoms with Gasteiger partial charge >= 0.3 is 0 Å². The van der Waals surface area contributed by atoms with Crippen LogP contribution in [0.5, 0.6) is 5.88 Å². The molecule has 1 aromatic heterocycles. The maximum atomic E-state index is 13.2. The van der Waals surface area contributed by atoms with Gasteiger partial charge in [-0.3, -0.25) is 0 Å². The highest BCUT2D eigenvalue weighted by Gasteiger charge is 2.27. The third-order valence-electron chi connectivity index (χ3n) is 6.27. The van der Waals surface area contributed by atoms with E-state index in [9.17, 15) is 8.42 Å². The summed E-state index contributed by atoms with van der Waals surface area (Å²) in [5, 5.41) is 0. The normalized spacial score (nSPS) is 19.9. The molecule has 4 rings (SSSR count). The fourth-order valence-electron chi connectivity index (χ4n) is 4.66. The lowest BCUT2D eigenvalue weighted by Gasteiger charge is -2.30. The highest BCUT2D eigenvalue weighted by Crippen LogP contribution is 2.32. The number of nitrogens with zero attached hydrogens (tertiary/aromatic N) is 2. The molecule has 1 aliphatic heterocycles. The first-order valence-electron chi connectivity index (χ1n) is 11.9. The average Bonchev–Trinajstić information content (AvgIpc) is 2.75. The van der Waals surface area contributed by atoms with E-state index in [0.29, 0.717) is 24.6 Å². The quantitative estimate of drug-likeness (QED) is 0.526. The number of benzene rings is 2. The average molecular weight is 495 g/mol. The number of ether oxygens (including phenoxy) is 1. The minimum atomic E-state index is -3.91. The molecule has 2 heterocycles. The summed E-state index contributed by atoms with van der Waals surface area (Å²) >= 11 is 0. The Morgan fingerprint density at radius 1 is 1.06 bits per heavy atom. The van der Waals surface area contributed by atoms with Gasteiger partial charge in [0.05, 0.1) is 17.2 Å². The van der Waals surface area contributed by atoms with Crippen LogP contribution in [0, 0.1) is 25.2 Å². The van der Waals surface area contributed by atoms with Crippen LogP contribution in [0.2, 0.25) is 0 Å². The molecule has 4 bridgehead atoms. The van der Waals surface area contributed by atoms with Gasteiger partial charge in [0.1, 0.15) is 0 Å². The molecule has 1 aliphatic rings. The number of nitrogens with two attached hydrogens (primary N) is 1. The number of rotatable bonds is 2. The van der Waals surface area contributed by atoms with Crippen LogP contribution >= 0.6 is 0 Å². The molecule has 7 nitrogen and oxygen atoms in total. The van der Waals surface area contributed by atoms with Crippen molar-refractivity contribution in [3.8, 4) is 17.1 Å². The summed E-state index contributed by atoms with van der Waals surface area (Å²) in [6.45, 7) is 10.9. The Morgan fingerprint density at radius 2 is 1.74 bits per heavy atom. The van der Waals surface area contributed by atoms with Crippen LogP contribution in [0.25, 0.3) is 11.3 Å². The molecule has 2 aromatic carbocycles. The number of sulfonamides is 1. The number of aromatic nitrogens is 2. The minimum Gasteiger partial charge on any atom is -0.477 e. The van der Waals surface area contributed by atoms with Gasteiger partial charge in [0.15, 0.2) is 0 Å². The molecule has 1 unspecified atom stereocenters. The number of nitrogens with one attached hydrogen (secondary N) is 1. The molecule has 0 spiro atoms. The van der Waals surface area contributed by atoms with Gasteiger partial charge in [0, 0.05) is 23.6 Å². The molecule has 3 N–H and O–H groups in total. The molecule has 3 aromatic rings. The number of hydrogen-bond acceptors (Lipinski definition) is 6. The topological polar surface area (TPSA) is 107 Å². The van der Waals surface area contributed by atoms with Gasteiger partial charge in [-0.15, -0.1) is 0 Å². The second-order valence-electron chi connectivity index (χ2n) is 10.6. The van der Waals surface area contributed by atoms with E-state index in [-0.39, 0.29) is 28.2 Å². The predicted octanol–water partition coefficient (Wildman–Crippen LogP) is 4.88. The minimum absolute atomic E-state index is 0.0264. The van der Waals surface area contributed by atoms with Crippen LogP contribution in [-0.2, 0) is 16.4 Å². The zero-order valence-corrected chi connectivity index (χ0v) is 21.8. The standard InChI is InChI=1S/C27H34N4O3S/c1-17-8-6-9-18(2)25(17)23-14-24-30-26(29-23)31-35(32,33)21-11-7-10-19(12-21)13-22(28)20(16-34-24)15-27(3,4)5/h6-12,14,20,22H,13,15-16,28H2,1-5H3,(H,29,30,31)/t20-,22?/m1/s1. The van der Waals surface area contributed by atoms with Crippen LogP contribution in [-0.4, -0.2) is 31.0 Å². The van der Waals surface area contributed by atoms with Crippen molar-refractivity contribution in [2.75, 3.05) is 11.3 Å². The van der Waals surface area contributed by atoms with E-state index in [1.54, 1.807) is 24.3 Å². The molecule has 186 valence electrons. The van der Waals surface area contributed by atoms with E-state index in [4.69, 9.17) is 10.5 Å². The first kappa shape index (κ1) is 25.1. The summed E-state index contributed by atoms with van der Waals surface area (Å²) in [5.74, 6) is 0.333. The van der Waals surface area contributed by atoms with Crippen molar-refractivity contribution >= 4 is 16.0 Å². The van der Waals surface area contributed by atoms with Gasteiger partial charge in [0.25, 0.3) is 10.0 Å².